The summed E-state index contributed by atoms with van der Waals surface area (Å²) in [5, 5.41) is 3.42. The predicted octanol–water partition coefficient (Wildman–Crippen LogP) is 3.35. The minimum atomic E-state index is -0.130. The molecule has 0 aliphatic carbocycles. The van der Waals surface area contributed by atoms with Gasteiger partial charge in [0.2, 0.25) is 0 Å². The molecule has 1 fully saturated rings. The lowest BCUT2D eigenvalue weighted by Crippen LogP contribution is -2.33. The Hall–Kier alpha value is -0.930. The molecule has 0 saturated carbocycles. The van der Waals surface area contributed by atoms with Gasteiger partial charge in [0, 0.05) is 19.2 Å². The topological polar surface area (TPSA) is 21.3 Å². The first-order chi connectivity index (χ1) is 8.66. The Morgan fingerprint density at radius 1 is 1.44 bits per heavy atom. The average Bonchev–Trinajstić information content (AvgIpc) is 2.40. The number of rotatable bonds is 4. The second-order valence-electron chi connectivity index (χ2n) is 5.13. The maximum atomic E-state index is 13.5. The van der Waals surface area contributed by atoms with E-state index in [2.05, 4.69) is 12.2 Å². The normalized spacial score (nSPS) is 21.8. The lowest BCUT2D eigenvalue weighted by molar-refractivity contribution is 0.0156. The van der Waals surface area contributed by atoms with Crippen LogP contribution in [0.4, 0.5) is 4.39 Å². The zero-order valence-electron chi connectivity index (χ0n) is 11.2. The summed E-state index contributed by atoms with van der Waals surface area (Å²) in [7, 11) is 0. The van der Waals surface area contributed by atoms with Crippen LogP contribution in [0.25, 0.3) is 0 Å². The molecule has 100 valence electrons. The molecule has 0 aromatic heterocycles. The highest BCUT2D eigenvalue weighted by atomic mass is 19.1. The molecule has 0 radical (unpaired) electrons. The summed E-state index contributed by atoms with van der Waals surface area (Å²) in [6.07, 6.45) is 3.87. The summed E-state index contributed by atoms with van der Waals surface area (Å²) in [5.74, 6) is -0.130. The monoisotopic (exact) mass is 251 g/mol. The van der Waals surface area contributed by atoms with E-state index in [0.717, 1.165) is 25.1 Å². The van der Waals surface area contributed by atoms with E-state index in [1.54, 1.807) is 13.0 Å². The van der Waals surface area contributed by atoms with Crippen molar-refractivity contribution in [1.82, 2.24) is 5.32 Å². The van der Waals surface area contributed by atoms with Crippen molar-refractivity contribution in [2.45, 2.75) is 45.3 Å². The Morgan fingerprint density at radius 3 is 2.94 bits per heavy atom. The van der Waals surface area contributed by atoms with Crippen LogP contribution in [-0.4, -0.2) is 19.3 Å². The smallest absolute Gasteiger partial charge is 0.126 e. The summed E-state index contributed by atoms with van der Waals surface area (Å²) in [4.78, 5) is 0. The Kier molecular flexibility index (Phi) is 4.72. The van der Waals surface area contributed by atoms with E-state index < -0.39 is 0 Å². The largest absolute Gasteiger partial charge is 0.377 e. The number of hydrogen-bond donors (Lipinski definition) is 1. The minimum absolute atomic E-state index is 0.130. The van der Waals surface area contributed by atoms with Crippen LogP contribution in [0, 0.1) is 12.7 Å². The van der Waals surface area contributed by atoms with E-state index >= 15 is 0 Å². The molecule has 0 amide bonds. The molecular weight excluding hydrogens is 229 g/mol. The molecule has 1 saturated heterocycles. The van der Waals surface area contributed by atoms with E-state index in [9.17, 15) is 4.39 Å². The average molecular weight is 251 g/mol. The van der Waals surface area contributed by atoms with Gasteiger partial charge in [0.25, 0.3) is 0 Å². The number of aryl methyl sites for hydroxylation is 1. The van der Waals surface area contributed by atoms with Crippen LogP contribution in [0.1, 0.15) is 43.4 Å². The van der Waals surface area contributed by atoms with Crippen LogP contribution in [0.2, 0.25) is 0 Å². The lowest BCUT2D eigenvalue weighted by atomic mass is 10.0. The van der Waals surface area contributed by atoms with Crippen molar-refractivity contribution in [3.8, 4) is 0 Å². The third kappa shape index (κ3) is 3.53. The van der Waals surface area contributed by atoms with Crippen LogP contribution in [0.5, 0.6) is 0 Å². The van der Waals surface area contributed by atoms with Crippen molar-refractivity contribution < 1.29 is 9.13 Å². The van der Waals surface area contributed by atoms with Gasteiger partial charge in [0.05, 0.1) is 6.10 Å². The summed E-state index contributed by atoms with van der Waals surface area (Å²) in [6, 6.07) is 5.59. The van der Waals surface area contributed by atoms with Crippen LogP contribution in [-0.2, 0) is 4.74 Å². The summed E-state index contributed by atoms with van der Waals surface area (Å²) < 4.78 is 19.2. The van der Waals surface area contributed by atoms with Crippen LogP contribution in [0.3, 0.4) is 0 Å². The van der Waals surface area contributed by atoms with Gasteiger partial charge in [0.15, 0.2) is 0 Å². The molecule has 2 rings (SSSR count). The highest BCUT2D eigenvalue weighted by Crippen LogP contribution is 2.17. The number of ether oxygens (including phenoxy) is 1. The van der Waals surface area contributed by atoms with Crippen molar-refractivity contribution in [2.75, 3.05) is 13.2 Å². The molecule has 1 aromatic carbocycles. The molecule has 3 heteroatoms. The van der Waals surface area contributed by atoms with Crippen molar-refractivity contribution in [3.05, 3.63) is 35.1 Å². The van der Waals surface area contributed by atoms with Gasteiger partial charge in [-0.25, -0.2) is 4.39 Å². The van der Waals surface area contributed by atoms with Crippen LogP contribution in [0.15, 0.2) is 18.2 Å². The molecule has 18 heavy (non-hydrogen) atoms. The molecule has 0 bridgehead atoms. The molecular formula is C15H22FNO. The fourth-order valence-corrected chi connectivity index (χ4v) is 2.27. The van der Waals surface area contributed by atoms with Gasteiger partial charge in [-0.1, -0.05) is 12.1 Å². The first kappa shape index (κ1) is 13.5. The van der Waals surface area contributed by atoms with Crippen molar-refractivity contribution in [1.29, 1.82) is 0 Å². The van der Waals surface area contributed by atoms with Crippen LogP contribution >= 0.6 is 0 Å². The Bertz CT molecular complexity index is 388. The highest BCUT2D eigenvalue weighted by Gasteiger charge is 2.15. The van der Waals surface area contributed by atoms with Gasteiger partial charge in [-0.3, -0.25) is 0 Å². The lowest BCUT2D eigenvalue weighted by Gasteiger charge is -2.25. The maximum absolute atomic E-state index is 13.5. The van der Waals surface area contributed by atoms with E-state index in [0.29, 0.717) is 11.7 Å². The first-order valence-corrected chi connectivity index (χ1v) is 6.78. The second-order valence-corrected chi connectivity index (χ2v) is 5.13. The molecule has 2 unspecified atom stereocenters. The van der Waals surface area contributed by atoms with E-state index in [1.165, 1.54) is 12.8 Å². The summed E-state index contributed by atoms with van der Waals surface area (Å²) in [5.41, 5.74) is 1.69. The second kappa shape index (κ2) is 6.30. The zero-order chi connectivity index (χ0) is 13.0. The molecule has 0 spiro atoms. The van der Waals surface area contributed by atoms with E-state index in [-0.39, 0.29) is 11.9 Å². The number of benzene rings is 1. The van der Waals surface area contributed by atoms with Gasteiger partial charge in [-0.15, -0.1) is 0 Å². The molecule has 1 N–H and O–H groups in total. The Labute approximate surface area is 109 Å². The van der Waals surface area contributed by atoms with E-state index in [4.69, 9.17) is 4.74 Å². The first-order valence-electron chi connectivity index (χ1n) is 6.78. The molecule has 1 heterocycles. The highest BCUT2D eigenvalue weighted by molar-refractivity contribution is 5.25. The minimum Gasteiger partial charge on any atom is -0.377 e. The van der Waals surface area contributed by atoms with Crippen molar-refractivity contribution >= 4 is 0 Å². The maximum Gasteiger partial charge on any atom is 0.126 e. The zero-order valence-corrected chi connectivity index (χ0v) is 11.2. The Balaban J connectivity index is 1.86. The fraction of sp³-hybridized carbons (Fsp3) is 0.600. The third-order valence-corrected chi connectivity index (χ3v) is 3.62. The van der Waals surface area contributed by atoms with E-state index in [1.807, 2.05) is 12.1 Å². The summed E-state index contributed by atoms with van der Waals surface area (Å²) in [6.45, 7) is 5.57. The quantitative estimate of drug-likeness (QED) is 0.886. The molecule has 1 aliphatic heterocycles. The third-order valence-electron chi connectivity index (χ3n) is 3.62. The van der Waals surface area contributed by atoms with Crippen molar-refractivity contribution in [2.24, 2.45) is 0 Å². The fourth-order valence-electron chi connectivity index (χ4n) is 2.27. The standard InChI is InChI=1S/C15H22FNO/c1-11-6-7-13(9-15(11)16)12(2)17-10-14-5-3-4-8-18-14/h6-7,9,12,14,17H,3-5,8,10H2,1-2H3. The van der Waals surface area contributed by atoms with Crippen LogP contribution < -0.4 is 5.32 Å². The molecule has 1 aromatic rings. The summed E-state index contributed by atoms with van der Waals surface area (Å²) >= 11 is 0. The van der Waals surface area contributed by atoms with Gasteiger partial charge in [-0.05, 0) is 50.3 Å². The number of halogens is 1. The predicted molar refractivity (Wildman–Crippen MR) is 71.1 cm³/mol. The van der Waals surface area contributed by atoms with Gasteiger partial charge in [-0.2, -0.15) is 0 Å². The number of hydrogen-bond acceptors (Lipinski definition) is 2. The molecule has 2 nitrogen and oxygen atoms in total. The number of nitrogens with one attached hydrogen (secondary N) is 1. The van der Waals surface area contributed by atoms with Gasteiger partial charge in [0.1, 0.15) is 5.82 Å². The molecule has 2 atom stereocenters. The Morgan fingerprint density at radius 2 is 2.28 bits per heavy atom. The van der Waals surface area contributed by atoms with Gasteiger partial charge < -0.3 is 10.1 Å². The SMILES string of the molecule is Cc1ccc(C(C)NCC2CCCCO2)cc1F. The van der Waals surface area contributed by atoms with Crippen molar-refractivity contribution in [3.63, 3.8) is 0 Å². The van der Waals surface area contributed by atoms with Gasteiger partial charge >= 0.3 is 0 Å². The molecule has 1 aliphatic rings.